The number of benzene rings is 5. The molecule has 0 radical (unpaired) electrons. The Bertz CT molecular complexity index is 1880. The van der Waals surface area contributed by atoms with E-state index in [1.54, 1.807) is 0 Å². The quantitative estimate of drug-likeness (QED) is 0.193. The third-order valence-electron chi connectivity index (χ3n) is 7.70. The van der Waals surface area contributed by atoms with Gasteiger partial charge in [0, 0.05) is 27.1 Å². The third kappa shape index (κ3) is 2.74. The van der Waals surface area contributed by atoms with Crippen molar-refractivity contribution in [1.29, 1.82) is 0 Å². The zero-order valence-corrected chi connectivity index (χ0v) is 20.6. The minimum absolute atomic E-state index is 0.418. The van der Waals surface area contributed by atoms with Crippen molar-refractivity contribution in [3.8, 4) is 11.3 Å². The van der Waals surface area contributed by atoms with Crippen molar-refractivity contribution >= 4 is 48.9 Å². The minimum atomic E-state index is 0.418. The molecule has 2 nitrogen and oxygen atoms in total. The van der Waals surface area contributed by atoms with Gasteiger partial charge in [-0.05, 0) is 45.2 Å². The molecule has 170 valence electrons. The van der Waals surface area contributed by atoms with Gasteiger partial charge in [-0.15, -0.1) is 0 Å². The number of hydrogen-bond acceptors (Lipinski definition) is 1. The number of hydrogen-bond donors (Lipinski definition) is 0. The van der Waals surface area contributed by atoms with Gasteiger partial charge in [-0.25, -0.2) is 4.98 Å². The largest absolute Gasteiger partial charge is 0.291 e. The predicted molar refractivity (Wildman–Crippen MR) is 150 cm³/mol. The number of pyridine rings is 1. The van der Waals surface area contributed by atoms with E-state index in [1.807, 2.05) is 0 Å². The fourth-order valence-electron chi connectivity index (χ4n) is 6.12. The Hall–Kier alpha value is -3.91. The summed E-state index contributed by atoms with van der Waals surface area (Å²) in [5, 5.41) is 8.96. The first-order valence-corrected chi connectivity index (χ1v) is 12.6. The zero-order valence-electron chi connectivity index (χ0n) is 20.6. The molecule has 0 saturated heterocycles. The van der Waals surface area contributed by atoms with Crippen molar-refractivity contribution in [3.63, 3.8) is 0 Å². The van der Waals surface area contributed by atoms with Gasteiger partial charge in [0.1, 0.15) is 5.65 Å². The van der Waals surface area contributed by atoms with E-state index in [1.165, 1.54) is 65.6 Å². The van der Waals surface area contributed by atoms with Crippen LogP contribution in [0.2, 0.25) is 0 Å². The molecule has 0 bridgehead atoms. The molecule has 5 aromatic carbocycles. The standard InChI is InChI=1S/C33H28N2/c1-19(2)24-12-8-13-25(20(3)4)31(24)28-18-34-33-27-14-7-10-21-15-16-23-17-22-9-5-6-11-26(22)32(35(28)33)30(23)29(21)27/h5-20H,1-4H3. The van der Waals surface area contributed by atoms with Crippen LogP contribution in [0.3, 0.4) is 0 Å². The summed E-state index contributed by atoms with van der Waals surface area (Å²) >= 11 is 0. The van der Waals surface area contributed by atoms with Crippen LogP contribution in [0, 0.1) is 0 Å². The van der Waals surface area contributed by atoms with Crippen LogP contribution in [0.5, 0.6) is 0 Å². The summed E-state index contributed by atoms with van der Waals surface area (Å²) in [6, 6.07) is 29.1. The molecule has 0 aliphatic heterocycles. The van der Waals surface area contributed by atoms with Crippen LogP contribution in [0.1, 0.15) is 50.7 Å². The normalized spacial score (nSPS) is 12.5. The van der Waals surface area contributed by atoms with Crippen molar-refractivity contribution < 1.29 is 0 Å². The highest BCUT2D eigenvalue weighted by Crippen LogP contribution is 2.43. The number of aromatic nitrogens is 2. The van der Waals surface area contributed by atoms with Gasteiger partial charge < -0.3 is 0 Å². The van der Waals surface area contributed by atoms with Gasteiger partial charge in [-0.2, -0.15) is 0 Å². The summed E-state index contributed by atoms with van der Waals surface area (Å²) < 4.78 is 2.46. The summed E-state index contributed by atoms with van der Waals surface area (Å²) in [6.45, 7) is 9.18. The van der Waals surface area contributed by atoms with E-state index in [-0.39, 0.29) is 0 Å². The maximum absolute atomic E-state index is 5.11. The van der Waals surface area contributed by atoms with Gasteiger partial charge in [-0.3, -0.25) is 4.40 Å². The molecular weight excluding hydrogens is 424 g/mol. The monoisotopic (exact) mass is 452 g/mol. The fourth-order valence-corrected chi connectivity index (χ4v) is 6.12. The topological polar surface area (TPSA) is 17.3 Å². The van der Waals surface area contributed by atoms with Crippen molar-refractivity contribution in [2.75, 3.05) is 0 Å². The molecule has 0 atom stereocenters. The van der Waals surface area contributed by atoms with Crippen LogP contribution in [0.4, 0.5) is 0 Å². The first-order valence-electron chi connectivity index (χ1n) is 12.6. The number of rotatable bonds is 3. The molecule has 2 heterocycles. The van der Waals surface area contributed by atoms with Crippen LogP contribution >= 0.6 is 0 Å². The Morgan fingerprint density at radius 3 is 2.06 bits per heavy atom. The highest BCUT2D eigenvalue weighted by molar-refractivity contribution is 6.30. The molecule has 7 aromatic rings. The Labute approximate surface area is 205 Å². The average Bonchev–Trinajstić information content (AvgIpc) is 3.31. The predicted octanol–water partition coefficient (Wildman–Crippen LogP) is 9.30. The summed E-state index contributed by atoms with van der Waals surface area (Å²) in [6.07, 6.45) is 2.11. The van der Waals surface area contributed by atoms with Crippen LogP contribution in [0.25, 0.3) is 60.1 Å². The lowest BCUT2D eigenvalue weighted by atomic mass is 9.87. The van der Waals surface area contributed by atoms with Crippen LogP contribution in [-0.2, 0) is 0 Å². The first kappa shape index (κ1) is 20.5. The van der Waals surface area contributed by atoms with Crippen LogP contribution in [-0.4, -0.2) is 9.38 Å². The molecule has 7 rings (SSSR count). The lowest BCUT2D eigenvalue weighted by Crippen LogP contribution is -2.03. The zero-order chi connectivity index (χ0) is 23.8. The van der Waals surface area contributed by atoms with Crippen molar-refractivity contribution in [1.82, 2.24) is 9.38 Å². The molecule has 0 amide bonds. The summed E-state index contributed by atoms with van der Waals surface area (Å²) in [5.41, 5.74) is 7.59. The van der Waals surface area contributed by atoms with E-state index >= 15 is 0 Å². The molecule has 35 heavy (non-hydrogen) atoms. The Kier molecular flexibility index (Phi) is 4.26. The van der Waals surface area contributed by atoms with E-state index < -0.39 is 0 Å². The third-order valence-corrected chi connectivity index (χ3v) is 7.70. The molecule has 2 aromatic heterocycles. The molecule has 0 aliphatic rings. The number of fused-ring (bicyclic) bond motifs is 5. The highest BCUT2D eigenvalue weighted by atomic mass is 15.0. The molecule has 0 aliphatic carbocycles. The summed E-state index contributed by atoms with van der Waals surface area (Å²) in [4.78, 5) is 5.11. The van der Waals surface area contributed by atoms with E-state index in [2.05, 4.69) is 117 Å². The van der Waals surface area contributed by atoms with Gasteiger partial charge in [-0.1, -0.05) is 100 Å². The Balaban J connectivity index is 1.80. The molecule has 0 N–H and O–H groups in total. The maximum atomic E-state index is 5.11. The second-order valence-corrected chi connectivity index (χ2v) is 10.4. The second kappa shape index (κ2) is 7.29. The van der Waals surface area contributed by atoms with Gasteiger partial charge in [0.15, 0.2) is 0 Å². The summed E-state index contributed by atoms with van der Waals surface area (Å²) in [7, 11) is 0. The van der Waals surface area contributed by atoms with E-state index in [0.717, 1.165) is 5.65 Å². The van der Waals surface area contributed by atoms with E-state index in [0.29, 0.717) is 11.8 Å². The molecule has 0 fully saturated rings. The SMILES string of the molecule is CC(C)c1cccc(C(C)C)c1-c1cnc2c3cccc4ccc5cc6ccccc6c(c5c43)n12. The second-order valence-electron chi connectivity index (χ2n) is 10.4. The molecular formula is C33H28N2. The molecule has 2 heteroatoms. The Morgan fingerprint density at radius 2 is 1.29 bits per heavy atom. The fraction of sp³-hybridized carbons (Fsp3) is 0.182. The number of imidazole rings is 1. The highest BCUT2D eigenvalue weighted by Gasteiger charge is 2.23. The van der Waals surface area contributed by atoms with E-state index in [4.69, 9.17) is 4.98 Å². The lowest BCUT2D eigenvalue weighted by Gasteiger charge is -2.21. The molecule has 0 saturated carbocycles. The van der Waals surface area contributed by atoms with Crippen molar-refractivity contribution in [2.24, 2.45) is 0 Å². The average molecular weight is 453 g/mol. The van der Waals surface area contributed by atoms with Crippen LogP contribution < -0.4 is 0 Å². The Morgan fingerprint density at radius 1 is 0.629 bits per heavy atom. The minimum Gasteiger partial charge on any atom is -0.291 e. The van der Waals surface area contributed by atoms with Gasteiger partial charge in [0.2, 0.25) is 0 Å². The van der Waals surface area contributed by atoms with Gasteiger partial charge >= 0.3 is 0 Å². The maximum Gasteiger partial charge on any atom is 0.145 e. The lowest BCUT2D eigenvalue weighted by molar-refractivity contribution is 0.836. The van der Waals surface area contributed by atoms with Gasteiger partial charge in [0.05, 0.1) is 17.4 Å². The smallest absolute Gasteiger partial charge is 0.145 e. The first-order chi connectivity index (χ1) is 17.0. The van der Waals surface area contributed by atoms with E-state index in [9.17, 15) is 0 Å². The summed E-state index contributed by atoms with van der Waals surface area (Å²) in [5.74, 6) is 0.836. The van der Waals surface area contributed by atoms with Crippen molar-refractivity contribution in [2.45, 2.75) is 39.5 Å². The van der Waals surface area contributed by atoms with Crippen LogP contribution in [0.15, 0.2) is 85.1 Å². The van der Waals surface area contributed by atoms with Crippen molar-refractivity contribution in [3.05, 3.63) is 96.2 Å². The van der Waals surface area contributed by atoms with Gasteiger partial charge in [0.25, 0.3) is 0 Å². The molecule has 0 spiro atoms. The molecule has 0 unspecified atom stereocenters. The number of nitrogens with zero attached hydrogens (tertiary/aromatic N) is 2.